The Morgan fingerprint density at radius 2 is 1.72 bits per heavy atom. The Morgan fingerprint density at radius 3 is 2.44 bits per heavy atom. The molecule has 0 spiro atoms. The van der Waals surface area contributed by atoms with Gasteiger partial charge in [0.15, 0.2) is 0 Å². The lowest BCUT2D eigenvalue weighted by Gasteiger charge is -2.27. The van der Waals surface area contributed by atoms with Crippen molar-refractivity contribution in [1.29, 1.82) is 0 Å². The van der Waals surface area contributed by atoms with Crippen molar-refractivity contribution >= 4 is 41.2 Å². The van der Waals surface area contributed by atoms with Gasteiger partial charge in [-0.15, -0.1) is 0 Å². The number of unbranched alkanes of at least 4 members (excludes halogenated alkanes) is 2. The smallest absolute Gasteiger partial charge is 0.333 e. The molecule has 3 rings (SSSR count). The van der Waals surface area contributed by atoms with Crippen LogP contribution in [0.25, 0.3) is 0 Å². The molecule has 12 heteroatoms. The van der Waals surface area contributed by atoms with Crippen LogP contribution in [0.15, 0.2) is 30.4 Å². The van der Waals surface area contributed by atoms with Crippen LogP contribution in [0.4, 0.5) is 5.69 Å². The minimum atomic E-state index is -1.07. The summed E-state index contributed by atoms with van der Waals surface area (Å²) in [5.74, 6) is -3.19. The predicted octanol–water partition coefficient (Wildman–Crippen LogP) is 1.74. The molecule has 1 fully saturated rings. The van der Waals surface area contributed by atoms with E-state index in [2.05, 4.69) is 17.2 Å². The van der Waals surface area contributed by atoms with Crippen LogP contribution in [0.2, 0.25) is 0 Å². The van der Waals surface area contributed by atoms with Crippen LogP contribution in [0, 0.1) is 0 Å². The Kier molecular flexibility index (Phi) is 10.9. The van der Waals surface area contributed by atoms with Crippen molar-refractivity contribution in [3.05, 3.63) is 41.5 Å². The lowest BCUT2D eigenvalue weighted by Crippen LogP contribution is -2.54. The molecule has 1 saturated heterocycles. The summed E-state index contributed by atoms with van der Waals surface area (Å²) in [5, 5.41) is 4.86. The standard InChI is InChI=1S/C27H33N3O9/c1-17(2)27(36)39-16-15-38-14-13-37-12-5-3-4-9-21(31)28-19-8-6-7-18-23(19)26(35)30(25(18)34)20-10-11-22(32)29-24(20)33/h6-8,20H,1,3-5,9-16H2,2H3,(H,28,31)(H,29,32,33). The van der Waals surface area contributed by atoms with Gasteiger partial charge in [0, 0.05) is 25.0 Å². The number of rotatable bonds is 15. The van der Waals surface area contributed by atoms with E-state index in [4.69, 9.17) is 14.2 Å². The van der Waals surface area contributed by atoms with Gasteiger partial charge in [0.05, 0.1) is 36.6 Å². The number of carbonyl (C=O) groups is 6. The van der Waals surface area contributed by atoms with Gasteiger partial charge in [0.2, 0.25) is 17.7 Å². The average molecular weight is 544 g/mol. The van der Waals surface area contributed by atoms with Crippen molar-refractivity contribution in [3.8, 4) is 0 Å². The number of hydrogen-bond acceptors (Lipinski definition) is 9. The maximum Gasteiger partial charge on any atom is 0.333 e. The highest BCUT2D eigenvalue weighted by molar-refractivity contribution is 6.26. The SMILES string of the molecule is C=C(C)C(=O)OCCOCCOCCCCCC(=O)Nc1cccc2c1C(=O)N(C1CCC(=O)NC1=O)C2=O. The topological polar surface area (TPSA) is 157 Å². The molecule has 2 aliphatic rings. The highest BCUT2D eigenvalue weighted by atomic mass is 16.6. The summed E-state index contributed by atoms with van der Waals surface area (Å²) in [5.41, 5.74) is 0.703. The zero-order chi connectivity index (χ0) is 28.4. The van der Waals surface area contributed by atoms with Crippen LogP contribution in [-0.4, -0.2) is 79.5 Å². The normalized spacial score (nSPS) is 16.6. The summed E-state index contributed by atoms with van der Waals surface area (Å²) in [6, 6.07) is 3.50. The number of piperidine rings is 1. The fourth-order valence-corrected chi connectivity index (χ4v) is 4.14. The molecule has 0 aliphatic carbocycles. The third-order valence-electron chi connectivity index (χ3n) is 6.12. The molecule has 2 heterocycles. The second kappa shape index (κ2) is 14.3. The van der Waals surface area contributed by atoms with E-state index in [-0.39, 0.29) is 55.2 Å². The Hall–Kier alpha value is -3.90. The second-order valence-corrected chi connectivity index (χ2v) is 9.18. The van der Waals surface area contributed by atoms with Crippen molar-refractivity contribution in [2.24, 2.45) is 0 Å². The molecular formula is C27H33N3O9. The average Bonchev–Trinajstić information content (AvgIpc) is 3.15. The molecular weight excluding hydrogens is 510 g/mol. The number of imide groups is 2. The lowest BCUT2D eigenvalue weighted by molar-refractivity contribution is -0.140. The van der Waals surface area contributed by atoms with Gasteiger partial charge in [0.25, 0.3) is 11.8 Å². The number of anilines is 1. The van der Waals surface area contributed by atoms with E-state index in [1.165, 1.54) is 12.1 Å². The van der Waals surface area contributed by atoms with Crippen molar-refractivity contribution in [2.75, 3.05) is 38.4 Å². The fourth-order valence-electron chi connectivity index (χ4n) is 4.14. The number of ether oxygens (including phenoxy) is 3. The zero-order valence-electron chi connectivity index (χ0n) is 21.9. The van der Waals surface area contributed by atoms with Gasteiger partial charge in [-0.2, -0.15) is 0 Å². The van der Waals surface area contributed by atoms with Gasteiger partial charge in [-0.1, -0.05) is 19.1 Å². The Morgan fingerprint density at radius 1 is 1.00 bits per heavy atom. The molecule has 12 nitrogen and oxygen atoms in total. The van der Waals surface area contributed by atoms with Crippen LogP contribution in [0.5, 0.6) is 0 Å². The highest BCUT2D eigenvalue weighted by Gasteiger charge is 2.45. The van der Waals surface area contributed by atoms with Crippen LogP contribution in [0.1, 0.15) is 66.2 Å². The minimum Gasteiger partial charge on any atom is -0.460 e. The Bertz CT molecular complexity index is 1150. The molecule has 5 amide bonds. The first-order valence-corrected chi connectivity index (χ1v) is 12.8. The highest BCUT2D eigenvalue weighted by Crippen LogP contribution is 2.32. The first kappa shape index (κ1) is 29.7. The van der Waals surface area contributed by atoms with E-state index in [0.717, 1.165) is 17.7 Å². The second-order valence-electron chi connectivity index (χ2n) is 9.18. The number of esters is 1. The molecule has 1 aromatic rings. The predicted molar refractivity (Wildman–Crippen MR) is 138 cm³/mol. The summed E-state index contributed by atoms with van der Waals surface area (Å²) in [6.07, 6.45) is 2.40. The summed E-state index contributed by atoms with van der Waals surface area (Å²) >= 11 is 0. The van der Waals surface area contributed by atoms with E-state index in [9.17, 15) is 28.8 Å². The van der Waals surface area contributed by atoms with Gasteiger partial charge >= 0.3 is 5.97 Å². The van der Waals surface area contributed by atoms with E-state index in [1.807, 2.05) is 0 Å². The third-order valence-corrected chi connectivity index (χ3v) is 6.12. The number of benzene rings is 1. The number of nitrogens with zero attached hydrogens (tertiary/aromatic N) is 1. The molecule has 0 aromatic heterocycles. The Labute approximate surface area is 226 Å². The van der Waals surface area contributed by atoms with Crippen LogP contribution in [-0.2, 0) is 33.4 Å². The largest absolute Gasteiger partial charge is 0.460 e. The molecule has 1 unspecified atom stereocenters. The molecule has 0 radical (unpaired) electrons. The van der Waals surface area contributed by atoms with E-state index in [0.29, 0.717) is 31.8 Å². The van der Waals surface area contributed by atoms with Gasteiger partial charge < -0.3 is 19.5 Å². The van der Waals surface area contributed by atoms with Gasteiger partial charge in [0.1, 0.15) is 12.6 Å². The third kappa shape index (κ3) is 8.04. The number of nitrogens with one attached hydrogen (secondary N) is 2. The Balaban J connectivity index is 1.34. The number of hydrogen-bond donors (Lipinski definition) is 2. The van der Waals surface area contributed by atoms with Crippen molar-refractivity contribution in [2.45, 2.75) is 51.5 Å². The minimum absolute atomic E-state index is 0.0288. The molecule has 1 aromatic carbocycles. The first-order valence-electron chi connectivity index (χ1n) is 12.8. The number of carbonyl (C=O) groups excluding carboxylic acids is 6. The molecule has 2 N–H and O–H groups in total. The summed E-state index contributed by atoms with van der Waals surface area (Å²) in [6.45, 7) is 6.77. The van der Waals surface area contributed by atoms with Gasteiger partial charge in [-0.25, -0.2) is 4.79 Å². The molecule has 1 atom stereocenters. The first-order chi connectivity index (χ1) is 18.7. The summed E-state index contributed by atoms with van der Waals surface area (Å²) < 4.78 is 15.7. The molecule has 39 heavy (non-hydrogen) atoms. The lowest BCUT2D eigenvalue weighted by atomic mass is 10.0. The zero-order valence-corrected chi connectivity index (χ0v) is 21.9. The number of fused-ring (bicyclic) bond motifs is 1. The van der Waals surface area contributed by atoms with Crippen LogP contribution >= 0.6 is 0 Å². The maximum absolute atomic E-state index is 13.1. The fraction of sp³-hybridized carbons (Fsp3) is 0.481. The van der Waals surface area contributed by atoms with Crippen molar-refractivity contribution in [3.63, 3.8) is 0 Å². The van der Waals surface area contributed by atoms with Gasteiger partial charge in [-0.3, -0.25) is 34.2 Å². The van der Waals surface area contributed by atoms with E-state index < -0.39 is 35.6 Å². The van der Waals surface area contributed by atoms with E-state index >= 15 is 0 Å². The molecule has 0 bridgehead atoms. The summed E-state index contributed by atoms with van der Waals surface area (Å²) in [4.78, 5) is 74.3. The molecule has 0 saturated carbocycles. The summed E-state index contributed by atoms with van der Waals surface area (Å²) in [7, 11) is 0. The van der Waals surface area contributed by atoms with Crippen molar-refractivity contribution < 1.29 is 43.0 Å². The van der Waals surface area contributed by atoms with Crippen molar-refractivity contribution in [1.82, 2.24) is 10.2 Å². The van der Waals surface area contributed by atoms with Crippen LogP contribution < -0.4 is 10.6 Å². The monoisotopic (exact) mass is 543 g/mol. The van der Waals surface area contributed by atoms with E-state index in [1.54, 1.807) is 13.0 Å². The quantitative estimate of drug-likeness (QED) is 0.145. The molecule has 210 valence electrons. The number of amides is 5. The molecule has 2 aliphatic heterocycles. The van der Waals surface area contributed by atoms with Gasteiger partial charge in [-0.05, 0) is 38.3 Å². The maximum atomic E-state index is 13.1. The van der Waals surface area contributed by atoms with Crippen LogP contribution in [0.3, 0.4) is 0 Å².